The first-order valence-electron chi connectivity index (χ1n) is 11.7. The summed E-state index contributed by atoms with van der Waals surface area (Å²) in [6, 6.07) is 11.7. The van der Waals surface area contributed by atoms with Crippen LogP contribution >= 0.6 is 0 Å². The maximum Gasteiger partial charge on any atom is 0.387 e. The Morgan fingerprint density at radius 2 is 1.83 bits per heavy atom. The second-order valence-corrected chi connectivity index (χ2v) is 8.65. The molecule has 1 aliphatic heterocycles. The third kappa shape index (κ3) is 6.83. The quantitative estimate of drug-likeness (QED) is 0.527. The Hall–Kier alpha value is -3.36. The molecule has 1 aliphatic rings. The van der Waals surface area contributed by atoms with Gasteiger partial charge in [0.2, 0.25) is 5.91 Å². The van der Waals surface area contributed by atoms with E-state index in [-0.39, 0.29) is 47.9 Å². The lowest BCUT2D eigenvalue weighted by Gasteiger charge is -2.23. The zero-order chi connectivity index (χ0) is 25.5. The minimum absolute atomic E-state index is 0.0318. The smallest absolute Gasteiger partial charge is 0.387 e. The Bertz CT molecular complexity index is 1030. The second-order valence-electron chi connectivity index (χ2n) is 8.65. The van der Waals surface area contributed by atoms with Crippen LogP contribution in [0, 0.1) is 0 Å². The third-order valence-corrected chi connectivity index (χ3v) is 5.77. The fraction of sp³-hybridized carbons (Fsp3) is 0.462. The summed E-state index contributed by atoms with van der Waals surface area (Å²) in [6.45, 7) is 5.14. The van der Waals surface area contributed by atoms with E-state index in [4.69, 9.17) is 9.47 Å². The van der Waals surface area contributed by atoms with E-state index in [9.17, 15) is 18.4 Å². The predicted molar refractivity (Wildman–Crippen MR) is 127 cm³/mol. The molecule has 2 amide bonds. The Morgan fingerprint density at radius 3 is 2.49 bits per heavy atom. The molecule has 1 N–H and O–H groups in total. The largest absolute Gasteiger partial charge is 0.493 e. The lowest BCUT2D eigenvalue weighted by atomic mass is 9.96. The molecule has 1 fully saturated rings. The molecule has 190 valence electrons. The van der Waals surface area contributed by atoms with Crippen molar-refractivity contribution >= 4 is 11.8 Å². The van der Waals surface area contributed by atoms with Crippen LogP contribution in [0.25, 0.3) is 0 Å². The highest BCUT2D eigenvalue weighted by molar-refractivity contribution is 5.97. The summed E-state index contributed by atoms with van der Waals surface area (Å²) in [6.07, 6.45) is 0.369. The van der Waals surface area contributed by atoms with Crippen molar-refractivity contribution in [3.63, 3.8) is 0 Å². The number of hydrogen-bond donors (Lipinski definition) is 1. The van der Waals surface area contributed by atoms with Gasteiger partial charge in [-0.3, -0.25) is 9.59 Å². The topological polar surface area (TPSA) is 77.1 Å². The molecule has 0 aromatic heterocycles. The van der Waals surface area contributed by atoms with Gasteiger partial charge in [-0.1, -0.05) is 18.2 Å². The highest BCUT2D eigenvalue weighted by Crippen LogP contribution is 2.37. The highest BCUT2D eigenvalue weighted by atomic mass is 19.3. The van der Waals surface area contributed by atoms with Crippen molar-refractivity contribution in [1.29, 1.82) is 0 Å². The summed E-state index contributed by atoms with van der Waals surface area (Å²) < 4.78 is 41.5. The number of amides is 2. The second kappa shape index (κ2) is 11.9. The fourth-order valence-electron chi connectivity index (χ4n) is 4.30. The van der Waals surface area contributed by atoms with Gasteiger partial charge >= 0.3 is 6.61 Å². The maximum atomic E-state index is 12.8. The molecule has 7 nitrogen and oxygen atoms in total. The van der Waals surface area contributed by atoms with Crippen molar-refractivity contribution in [2.24, 2.45) is 0 Å². The van der Waals surface area contributed by atoms with Crippen LogP contribution in [0.3, 0.4) is 0 Å². The number of carbonyl (C=O) groups excluding carboxylic acids is 2. The summed E-state index contributed by atoms with van der Waals surface area (Å²) in [4.78, 5) is 26.9. The molecule has 2 aromatic rings. The van der Waals surface area contributed by atoms with Crippen LogP contribution in [-0.2, 0) is 4.79 Å². The molecule has 35 heavy (non-hydrogen) atoms. The van der Waals surface area contributed by atoms with E-state index < -0.39 is 6.61 Å². The Labute approximate surface area is 204 Å². The first kappa shape index (κ1) is 26.2. The van der Waals surface area contributed by atoms with Crippen molar-refractivity contribution in [2.75, 3.05) is 19.7 Å². The van der Waals surface area contributed by atoms with E-state index in [1.165, 1.54) is 13.0 Å². The number of alkyl halides is 2. The predicted octanol–water partition coefficient (Wildman–Crippen LogP) is 4.61. The van der Waals surface area contributed by atoms with Crippen LogP contribution in [-0.4, -0.2) is 55.2 Å². The van der Waals surface area contributed by atoms with Crippen molar-refractivity contribution in [3.8, 4) is 17.2 Å². The molecule has 0 saturated carbocycles. The molecule has 1 heterocycles. The molecule has 0 spiro atoms. The summed E-state index contributed by atoms with van der Waals surface area (Å²) in [5, 5.41) is 2.92. The van der Waals surface area contributed by atoms with Gasteiger partial charge in [0.1, 0.15) is 5.75 Å². The van der Waals surface area contributed by atoms with E-state index in [2.05, 4.69) is 10.1 Å². The molecule has 3 rings (SSSR count). The van der Waals surface area contributed by atoms with Crippen LogP contribution < -0.4 is 19.5 Å². The van der Waals surface area contributed by atoms with Crippen molar-refractivity contribution in [2.45, 2.75) is 58.8 Å². The highest BCUT2D eigenvalue weighted by Gasteiger charge is 2.35. The third-order valence-electron chi connectivity index (χ3n) is 5.77. The summed E-state index contributed by atoms with van der Waals surface area (Å²) in [5.74, 6) is 0.280. The van der Waals surface area contributed by atoms with Crippen molar-refractivity contribution < 1.29 is 32.6 Å². The van der Waals surface area contributed by atoms with Gasteiger partial charge in [-0.05, 0) is 57.0 Å². The molecule has 1 saturated heterocycles. The first-order valence-corrected chi connectivity index (χ1v) is 11.7. The lowest BCUT2D eigenvalue weighted by Crippen LogP contribution is -2.42. The van der Waals surface area contributed by atoms with Crippen LogP contribution in [0.5, 0.6) is 17.2 Å². The molecule has 2 atom stereocenters. The normalized spacial score (nSPS) is 17.5. The van der Waals surface area contributed by atoms with E-state index >= 15 is 0 Å². The van der Waals surface area contributed by atoms with Crippen LogP contribution in [0.2, 0.25) is 0 Å². The standard InChI is InChI=1S/C26H32F2N2O5/c1-5-33-22-9-7-6-8-21(22)25(32)29-14-20-12-19(15-30(20)17(4)31)18-10-11-23(35-26(27)28)24(13-18)34-16(2)3/h6-11,13,16,19-20,26H,5,12,14-15H2,1-4H3,(H,29,32)/t19-,20-/m1/s1. The first-order chi connectivity index (χ1) is 16.7. The van der Waals surface area contributed by atoms with Gasteiger partial charge in [0.25, 0.3) is 5.91 Å². The van der Waals surface area contributed by atoms with Crippen LogP contribution in [0.1, 0.15) is 56.0 Å². The zero-order valence-corrected chi connectivity index (χ0v) is 20.4. The summed E-state index contributed by atoms with van der Waals surface area (Å²) in [5.41, 5.74) is 1.28. The maximum absolute atomic E-state index is 12.8. The van der Waals surface area contributed by atoms with Crippen LogP contribution in [0.4, 0.5) is 8.78 Å². The van der Waals surface area contributed by atoms with E-state index in [1.807, 2.05) is 6.92 Å². The molecule has 0 bridgehead atoms. The number of benzene rings is 2. The number of nitrogens with one attached hydrogen (secondary N) is 1. The number of hydrogen-bond acceptors (Lipinski definition) is 5. The average Bonchev–Trinajstić information content (AvgIpc) is 3.23. The molecule has 2 aromatic carbocycles. The number of carbonyl (C=O) groups is 2. The molecule has 9 heteroatoms. The van der Waals surface area contributed by atoms with Gasteiger partial charge < -0.3 is 24.4 Å². The number of halogens is 2. The zero-order valence-electron chi connectivity index (χ0n) is 20.4. The number of rotatable bonds is 10. The Balaban J connectivity index is 1.74. The van der Waals surface area contributed by atoms with E-state index in [0.29, 0.717) is 30.9 Å². The SMILES string of the molecule is CCOc1ccccc1C(=O)NC[C@H]1C[C@@H](c2ccc(OC(F)F)c(OC(C)C)c2)CN1C(C)=O. The minimum Gasteiger partial charge on any atom is -0.493 e. The van der Waals surface area contributed by atoms with E-state index in [1.54, 1.807) is 55.1 Å². The summed E-state index contributed by atoms with van der Waals surface area (Å²) >= 11 is 0. The van der Waals surface area contributed by atoms with Gasteiger partial charge in [-0.15, -0.1) is 0 Å². The Morgan fingerprint density at radius 1 is 1.09 bits per heavy atom. The summed E-state index contributed by atoms with van der Waals surface area (Å²) in [7, 11) is 0. The monoisotopic (exact) mass is 490 g/mol. The van der Waals surface area contributed by atoms with Crippen molar-refractivity contribution in [3.05, 3.63) is 53.6 Å². The van der Waals surface area contributed by atoms with Gasteiger partial charge in [-0.2, -0.15) is 8.78 Å². The van der Waals surface area contributed by atoms with Gasteiger partial charge in [0.15, 0.2) is 11.5 Å². The van der Waals surface area contributed by atoms with Gasteiger partial charge in [0, 0.05) is 32.0 Å². The van der Waals surface area contributed by atoms with Gasteiger partial charge in [0.05, 0.1) is 18.3 Å². The van der Waals surface area contributed by atoms with Gasteiger partial charge in [-0.25, -0.2) is 0 Å². The number of ether oxygens (including phenoxy) is 3. The Kier molecular flexibility index (Phi) is 8.89. The minimum atomic E-state index is -2.96. The van der Waals surface area contributed by atoms with Crippen molar-refractivity contribution in [1.82, 2.24) is 10.2 Å². The molecular formula is C26H32F2N2O5. The number of nitrogens with zero attached hydrogens (tertiary/aromatic N) is 1. The molecule has 0 radical (unpaired) electrons. The molecule has 0 aliphatic carbocycles. The molecule has 0 unspecified atom stereocenters. The van der Waals surface area contributed by atoms with E-state index in [0.717, 1.165) is 5.56 Å². The number of para-hydroxylation sites is 1. The van der Waals surface area contributed by atoms with Crippen LogP contribution in [0.15, 0.2) is 42.5 Å². The fourth-order valence-corrected chi connectivity index (χ4v) is 4.30. The average molecular weight is 491 g/mol. The molecular weight excluding hydrogens is 458 g/mol. The number of likely N-dealkylation sites (tertiary alicyclic amines) is 1. The lowest BCUT2D eigenvalue weighted by molar-refractivity contribution is -0.129.